The van der Waals surface area contributed by atoms with E-state index in [0.29, 0.717) is 23.3 Å². The fourth-order valence-electron chi connectivity index (χ4n) is 3.40. The van der Waals surface area contributed by atoms with Crippen molar-refractivity contribution in [1.82, 2.24) is 0 Å². The Morgan fingerprint density at radius 2 is 1.85 bits per heavy atom. The van der Waals surface area contributed by atoms with Gasteiger partial charge in [-0.25, -0.2) is 4.79 Å². The summed E-state index contributed by atoms with van der Waals surface area (Å²) in [7, 11) is 0.246. The Balaban J connectivity index is 1.67. The molecule has 0 spiro atoms. The monoisotopic (exact) mass is 454 g/mol. The highest BCUT2D eigenvalue weighted by Crippen LogP contribution is 2.37. The molecule has 1 heterocycles. The first-order chi connectivity index (χ1) is 15.6. The number of carbonyl (C=O) groups excluding carboxylic acids is 3. The fourth-order valence-corrected chi connectivity index (χ4v) is 3.40. The van der Waals surface area contributed by atoms with Crippen molar-refractivity contribution in [3.05, 3.63) is 59.2 Å². The lowest BCUT2D eigenvalue weighted by Crippen LogP contribution is -2.36. The van der Waals surface area contributed by atoms with E-state index in [1.165, 1.54) is 13.2 Å². The summed E-state index contributed by atoms with van der Waals surface area (Å²) in [4.78, 5) is 37.1. The minimum atomic E-state index is -1.28. The van der Waals surface area contributed by atoms with Crippen molar-refractivity contribution in [3.63, 3.8) is 0 Å². The molecule has 1 aliphatic rings. The molecule has 2 aromatic carbocycles. The SMILES string of the molecule is COc1cccc(C(=O)C[C@H]2Cc3cccc(C(=O)OCOC(=O)C(C)(C)C)c3OB2O)c1. The molecule has 3 rings (SSSR count). The van der Waals surface area contributed by atoms with E-state index in [4.69, 9.17) is 18.9 Å². The van der Waals surface area contributed by atoms with E-state index in [0.717, 1.165) is 0 Å². The maximum Gasteiger partial charge on any atom is 0.526 e. The van der Waals surface area contributed by atoms with Crippen LogP contribution >= 0.6 is 0 Å². The van der Waals surface area contributed by atoms with Gasteiger partial charge in [0.05, 0.1) is 12.5 Å². The Hall–Kier alpha value is -3.33. The van der Waals surface area contributed by atoms with E-state index in [2.05, 4.69) is 0 Å². The number of hydrogen-bond acceptors (Lipinski definition) is 8. The third-order valence-electron chi connectivity index (χ3n) is 5.27. The number of fused-ring (bicyclic) bond motifs is 1. The molecule has 174 valence electrons. The minimum absolute atomic E-state index is 0.0607. The Morgan fingerprint density at radius 3 is 2.55 bits per heavy atom. The van der Waals surface area contributed by atoms with Crippen LogP contribution in [0.25, 0.3) is 0 Å². The molecule has 0 aliphatic carbocycles. The van der Waals surface area contributed by atoms with Gasteiger partial charge >= 0.3 is 19.1 Å². The van der Waals surface area contributed by atoms with Gasteiger partial charge in [-0.15, -0.1) is 0 Å². The van der Waals surface area contributed by atoms with Gasteiger partial charge in [0.2, 0.25) is 6.79 Å². The maximum atomic E-state index is 12.7. The molecule has 0 saturated carbocycles. The largest absolute Gasteiger partial charge is 0.535 e. The normalized spacial score (nSPS) is 15.2. The zero-order valence-electron chi connectivity index (χ0n) is 19.1. The van der Waals surface area contributed by atoms with E-state index < -0.39 is 37.1 Å². The second-order valence-corrected chi connectivity index (χ2v) is 8.86. The molecule has 0 aromatic heterocycles. The van der Waals surface area contributed by atoms with Gasteiger partial charge in [-0.1, -0.05) is 24.3 Å². The van der Waals surface area contributed by atoms with Gasteiger partial charge < -0.3 is 23.9 Å². The predicted octanol–water partition coefficient (Wildman–Crippen LogP) is 3.46. The molecule has 0 radical (unpaired) electrons. The number of para-hydroxylation sites is 1. The van der Waals surface area contributed by atoms with Gasteiger partial charge in [0.1, 0.15) is 17.1 Å². The number of carbonyl (C=O) groups is 3. The Labute approximate surface area is 192 Å². The summed E-state index contributed by atoms with van der Waals surface area (Å²) in [5, 5.41) is 10.5. The van der Waals surface area contributed by atoms with E-state index >= 15 is 0 Å². The van der Waals surface area contributed by atoms with Crippen LogP contribution in [0, 0.1) is 5.41 Å². The van der Waals surface area contributed by atoms with Crippen molar-refractivity contribution in [2.75, 3.05) is 13.9 Å². The lowest BCUT2D eigenvalue weighted by Gasteiger charge is -2.28. The number of hydrogen-bond donors (Lipinski definition) is 1. The summed E-state index contributed by atoms with van der Waals surface area (Å²) in [5.41, 5.74) is 0.540. The van der Waals surface area contributed by atoms with Crippen molar-refractivity contribution in [2.24, 2.45) is 5.41 Å². The van der Waals surface area contributed by atoms with Crippen LogP contribution in [-0.2, 0) is 20.7 Å². The third kappa shape index (κ3) is 5.93. The summed E-state index contributed by atoms with van der Waals surface area (Å²) in [5.74, 6) is -1.12. The number of ketones is 1. The molecular weight excluding hydrogens is 427 g/mol. The van der Waals surface area contributed by atoms with Crippen LogP contribution in [0.4, 0.5) is 0 Å². The van der Waals surface area contributed by atoms with Crippen LogP contribution in [0.15, 0.2) is 42.5 Å². The molecule has 0 saturated heterocycles. The summed E-state index contributed by atoms with van der Waals surface area (Å²) < 4.78 is 20.8. The molecule has 0 fully saturated rings. The smallest absolute Gasteiger partial charge is 0.526 e. The topological polar surface area (TPSA) is 108 Å². The van der Waals surface area contributed by atoms with Crippen molar-refractivity contribution in [2.45, 2.75) is 39.4 Å². The average Bonchev–Trinajstić information content (AvgIpc) is 2.78. The highest BCUT2D eigenvalue weighted by molar-refractivity contribution is 6.47. The van der Waals surface area contributed by atoms with Crippen molar-refractivity contribution >= 4 is 24.8 Å². The quantitative estimate of drug-likeness (QED) is 0.293. The minimum Gasteiger partial charge on any atom is -0.535 e. The molecule has 8 nitrogen and oxygen atoms in total. The molecule has 1 atom stereocenters. The Kier molecular flexibility index (Phi) is 7.43. The first kappa shape index (κ1) is 24.3. The molecule has 0 bridgehead atoms. The molecule has 0 amide bonds. The molecule has 9 heteroatoms. The first-order valence-electron chi connectivity index (χ1n) is 10.6. The maximum absolute atomic E-state index is 12.7. The number of rotatable bonds is 7. The number of esters is 2. The highest BCUT2D eigenvalue weighted by Gasteiger charge is 2.38. The second kappa shape index (κ2) is 10.1. The summed E-state index contributed by atoms with van der Waals surface area (Å²) in [6, 6.07) is 11.7. The number of Topliss-reactive ketones (excluding diaryl/α,β-unsaturated/α-hetero) is 1. The average molecular weight is 454 g/mol. The zero-order valence-corrected chi connectivity index (χ0v) is 19.1. The number of ether oxygens (including phenoxy) is 3. The third-order valence-corrected chi connectivity index (χ3v) is 5.27. The van der Waals surface area contributed by atoms with Crippen molar-refractivity contribution in [3.8, 4) is 11.5 Å². The van der Waals surface area contributed by atoms with E-state index in [1.54, 1.807) is 57.2 Å². The van der Waals surface area contributed by atoms with Crippen LogP contribution in [0.1, 0.15) is 53.5 Å². The van der Waals surface area contributed by atoms with Crippen LogP contribution in [-0.4, -0.2) is 43.8 Å². The van der Waals surface area contributed by atoms with Gasteiger partial charge in [0.15, 0.2) is 5.78 Å². The predicted molar refractivity (Wildman–Crippen MR) is 120 cm³/mol. The highest BCUT2D eigenvalue weighted by atomic mass is 16.7. The molecule has 2 aromatic rings. The standard InChI is InChI=1S/C24H27BO8/c1-24(2,3)23(28)32-14-31-22(27)19-10-6-8-16-11-17(25(29)33-21(16)19)13-20(26)15-7-5-9-18(12-15)30-4/h5-10,12,17,29H,11,13-14H2,1-4H3/t17-/m1/s1. The Morgan fingerprint density at radius 1 is 1.12 bits per heavy atom. The molecule has 1 N–H and O–H groups in total. The van der Waals surface area contributed by atoms with Gasteiger partial charge in [0, 0.05) is 17.8 Å². The van der Waals surface area contributed by atoms with Crippen molar-refractivity contribution in [1.29, 1.82) is 0 Å². The van der Waals surface area contributed by atoms with Crippen LogP contribution in [0.2, 0.25) is 5.82 Å². The van der Waals surface area contributed by atoms with Gasteiger partial charge in [-0.2, -0.15) is 0 Å². The van der Waals surface area contributed by atoms with Crippen LogP contribution < -0.4 is 9.39 Å². The number of benzene rings is 2. The molecule has 0 unspecified atom stereocenters. The first-order valence-corrected chi connectivity index (χ1v) is 10.6. The second-order valence-electron chi connectivity index (χ2n) is 8.86. The van der Waals surface area contributed by atoms with Gasteiger partial charge in [0.25, 0.3) is 0 Å². The lowest BCUT2D eigenvalue weighted by atomic mass is 9.64. The summed E-state index contributed by atoms with van der Waals surface area (Å²) in [6.07, 6.45) is 0.400. The van der Waals surface area contributed by atoms with E-state index in [-0.39, 0.29) is 23.5 Å². The van der Waals surface area contributed by atoms with Gasteiger partial charge in [-0.05, 0) is 51.0 Å². The van der Waals surface area contributed by atoms with E-state index in [1.807, 2.05) is 0 Å². The zero-order chi connectivity index (χ0) is 24.2. The Bertz CT molecular complexity index is 1040. The molecule has 1 aliphatic heterocycles. The fraction of sp³-hybridized carbons (Fsp3) is 0.375. The van der Waals surface area contributed by atoms with Crippen LogP contribution in [0.3, 0.4) is 0 Å². The van der Waals surface area contributed by atoms with E-state index in [9.17, 15) is 19.4 Å². The van der Waals surface area contributed by atoms with Gasteiger partial charge in [-0.3, -0.25) is 9.59 Å². The summed E-state index contributed by atoms with van der Waals surface area (Å²) in [6.45, 7) is 4.54. The molecule has 33 heavy (non-hydrogen) atoms. The van der Waals surface area contributed by atoms with Crippen LogP contribution in [0.5, 0.6) is 11.5 Å². The van der Waals surface area contributed by atoms with Crippen molar-refractivity contribution < 1.29 is 38.3 Å². The summed E-state index contributed by atoms with van der Waals surface area (Å²) >= 11 is 0. The lowest BCUT2D eigenvalue weighted by molar-refractivity contribution is -0.161. The molecular formula is C24H27BO8. The number of methoxy groups -OCH3 is 1.